The fourth-order valence-corrected chi connectivity index (χ4v) is 1.11. The molecular formula is C11H13NO4. The van der Waals surface area contributed by atoms with Gasteiger partial charge in [0.25, 0.3) is 0 Å². The predicted octanol–water partition coefficient (Wildman–Crippen LogP) is 0.703. The van der Waals surface area contributed by atoms with Gasteiger partial charge in [-0.3, -0.25) is 4.79 Å². The molecule has 0 aliphatic rings. The van der Waals surface area contributed by atoms with Crippen LogP contribution in [-0.2, 0) is 14.3 Å². The number of rotatable bonds is 4. The topological polar surface area (TPSA) is 89.6 Å². The van der Waals surface area contributed by atoms with Gasteiger partial charge in [-0.2, -0.15) is 0 Å². The molecule has 0 saturated carbocycles. The highest BCUT2D eigenvalue weighted by Crippen LogP contribution is 2.17. The van der Waals surface area contributed by atoms with E-state index in [9.17, 15) is 9.59 Å². The van der Waals surface area contributed by atoms with Crippen molar-refractivity contribution in [2.75, 3.05) is 0 Å². The molecule has 0 spiro atoms. The lowest BCUT2D eigenvalue weighted by Crippen LogP contribution is -2.31. The third kappa shape index (κ3) is 3.06. The molecule has 0 aromatic heterocycles. The van der Waals surface area contributed by atoms with Crippen LogP contribution in [0.2, 0.25) is 0 Å². The van der Waals surface area contributed by atoms with E-state index in [2.05, 4.69) is 0 Å². The smallest absolute Gasteiger partial charge is 0.349 e. The minimum atomic E-state index is -1.31. The van der Waals surface area contributed by atoms with Crippen molar-refractivity contribution in [3.05, 3.63) is 35.9 Å². The molecule has 0 amide bonds. The first-order valence-electron chi connectivity index (χ1n) is 4.76. The van der Waals surface area contributed by atoms with Crippen molar-refractivity contribution in [3.63, 3.8) is 0 Å². The second-order valence-electron chi connectivity index (χ2n) is 3.35. The molecule has 5 nitrogen and oxygen atoms in total. The van der Waals surface area contributed by atoms with Crippen molar-refractivity contribution < 1.29 is 19.4 Å². The number of carboxylic acids is 1. The van der Waals surface area contributed by atoms with Gasteiger partial charge >= 0.3 is 11.9 Å². The number of benzene rings is 1. The number of ether oxygens (including phenoxy) is 1. The fraction of sp³-hybridized carbons (Fsp3) is 0.273. The van der Waals surface area contributed by atoms with Gasteiger partial charge in [0.05, 0.1) is 0 Å². The van der Waals surface area contributed by atoms with Crippen molar-refractivity contribution in [2.24, 2.45) is 5.73 Å². The summed E-state index contributed by atoms with van der Waals surface area (Å²) >= 11 is 0. The van der Waals surface area contributed by atoms with E-state index in [-0.39, 0.29) is 0 Å². The highest BCUT2D eigenvalue weighted by Gasteiger charge is 2.25. The lowest BCUT2D eigenvalue weighted by Gasteiger charge is -2.15. The zero-order valence-electron chi connectivity index (χ0n) is 8.79. The van der Waals surface area contributed by atoms with E-state index in [1.807, 2.05) is 0 Å². The Morgan fingerprint density at radius 2 is 1.88 bits per heavy atom. The van der Waals surface area contributed by atoms with Gasteiger partial charge < -0.3 is 15.6 Å². The summed E-state index contributed by atoms with van der Waals surface area (Å²) in [6.45, 7) is 1.44. The number of carbonyl (C=O) groups is 2. The molecule has 1 aromatic rings. The molecule has 0 aliphatic carbocycles. The summed E-state index contributed by atoms with van der Waals surface area (Å²) in [5.41, 5.74) is 5.70. The monoisotopic (exact) mass is 223 g/mol. The molecule has 0 bridgehead atoms. The molecule has 1 rings (SSSR count). The summed E-state index contributed by atoms with van der Waals surface area (Å²) in [6.07, 6.45) is -1.31. The number of hydrogen-bond donors (Lipinski definition) is 2. The Balaban J connectivity index is 2.85. The molecule has 0 fully saturated rings. The van der Waals surface area contributed by atoms with Crippen LogP contribution in [0.1, 0.15) is 18.6 Å². The Bertz CT molecular complexity index is 375. The fourth-order valence-electron chi connectivity index (χ4n) is 1.11. The molecule has 2 unspecified atom stereocenters. The highest BCUT2D eigenvalue weighted by atomic mass is 16.6. The van der Waals surface area contributed by atoms with Gasteiger partial charge in [0.15, 0.2) is 0 Å². The molecule has 3 N–H and O–H groups in total. The number of aliphatic carboxylic acids is 1. The minimum Gasteiger partial charge on any atom is -0.478 e. The number of hydrogen-bond acceptors (Lipinski definition) is 4. The van der Waals surface area contributed by atoms with Crippen LogP contribution in [0.4, 0.5) is 0 Å². The zero-order valence-corrected chi connectivity index (χ0v) is 8.79. The highest BCUT2D eigenvalue weighted by molar-refractivity contribution is 5.81. The number of nitrogens with two attached hydrogens (primary N) is 1. The summed E-state index contributed by atoms with van der Waals surface area (Å²) in [7, 11) is 0. The number of carbonyl (C=O) groups excluding carboxylic acids is 1. The van der Waals surface area contributed by atoms with E-state index in [0.29, 0.717) is 5.56 Å². The Labute approximate surface area is 92.8 Å². The van der Waals surface area contributed by atoms with Crippen LogP contribution in [0.15, 0.2) is 30.3 Å². The predicted molar refractivity (Wildman–Crippen MR) is 56.6 cm³/mol. The summed E-state index contributed by atoms with van der Waals surface area (Å²) in [5, 5.41) is 8.94. The number of esters is 1. The first kappa shape index (κ1) is 12.2. The van der Waals surface area contributed by atoms with Gasteiger partial charge in [-0.05, 0) is 6.92 Å². The molecular weight excluding hydrogens is 210 g/mol. The Morgan fingerprint density at radius 1 is 1.31 bits per heavy atom. The first-order chi connectivity index (χ1) is 7.52. The quantitative estimate of drug-likeness (QED) is 0.733. The van der Waals surface area contributed by atoms with Crippen LogP contribution in [0, 0.1) is 0 Å². The molecule has 2 atom stereocenters. The van der Waals surface area contributed by atoms with E-state index in [0.717, 1.165) is 0 Å². The van der Waals surface area contributed by atoms with Crippen molar-refractivity contribution >= 4 is 11.9 Å². The molecule has 0 heterocycles. The lowest BCUT2D eigenvalue weighted by molar-refractivity contribution is -0.165. The van der Waals surface area contributed by atoms with Crippen LogP contribution < -0.4 is 5.73 Å². The van der Waals surface area contributed by atoms with Gasteiger partial charge in [-0.1, -0.05) is 30.3 Å². The maximum atomic E-state index is 11.2. The van der Waals surface area contributed by atoms with Crippen molar-refractivity contribution in [1.29, 1.82) is 0 Å². The van der Waals surface area contributed by atoms with Crippen LogP contribution in [-0.4, -0.2) is 23.1 Å². The van der Waals surface area contributed by atoms with E-state index in [1.165, 1.54) is 6.92 Å². The molecule has 5 heteroatoms. The average Bonchev–Trinajstić information content (AvgIpc) is 2.26. The normalized spacial score (nSPS) is 13.9. The molecule has 0 aliphatic heterocycles. The molecule has 86 valence electrons. The first-order valence-corrected chi connectivity index (χ1v) is 4.76. The van der Waals surface area contributed by atoms with Crippen molar-refractivity contribution in [2.45, 2.75) is 19.1 Å². The van der Waals surface area contributed by atoms with Gasteiger partial charge in [0.2, 0.25) is 6.10 Å². The van der Waals surface area contributed by atoms with Crippen LogP contribution in [0.5, 0.6) is 0 Å². The Kier molecular flexibility index (Phi) is 4.02. The SMILES string of the molecule is CC(N)C(=O)OC(C(=O)O)c1ccccc1. The van der Waals surface area contributed by atoms with Gasteiger partial charge in [-0.25, -0.2) is 4.79 Å². The standard InChI is InChI=1S/C11H13NO4/c1-7(12)11(15)16-9(10(13)14)8-5-3-2-4-6-8/h2-7,9H,12H2,1H3,(H,13,14). The largest absolute Gasteiger partial charge is 0.478 e. The van der Waals surface area contributed by atoms with E-state index >= 15 is 0 Å². The van der Waals surface area contributed by atoms with E-state index in [1.54, 1.807) is 30.3 Å². The average molecular weight is 223 g/mol. The maximum absolute atomic E-state index is 11.2. The van der Waals surface area contributed by atoms with Crippen molar-refractivity contribution in [1.82, 2.24) is 0 Å². The summed E-state index contributed by atoms with van der Waals surface area (Å²) < 4.78 is 4.80. The molecule has 1 aromatic carbocycles. The van der Waals surface area contributed by atoms with Gasteiger partial charge in [0, 0.05) is 5.56 Å². The third-order valence-electron chi connectivity index (χ3n) is 1.93. The van der Waals surface area contributed by atoms with E-state index in [4.69, 9.17) is 15.6 Å². The molecule has 0 radical (unpaired) electrons. The summed E-state index contributed by atoms with van der Waals surface area (Å²) in [6, 6.07) is 7.40. The van der Waals surface area contributed by atoms with E-state index < -0.39 is 24.1 Å². The maximum Gasteiger partial charge on any atom is 0.349 e. The second-order valence-corrected chi connectivity index (χ2v) is 3.35. The summed E-state index contributed by atoms with van der Waals surface area (Å²) in [4.78, 5) is 22.2. The van der Waals surface area contributed by atoms with Gasteiger partial charge in [-0.15, -0.1) is 0 Å². The molecule has 0 saturated heterocycles. The minimum absolute atomic E-state index is 0.406. The van der Waals surface area contributed by atoms with Crippen LogP contribution >= 0.6 is 0 Å². The third-order valence-corrected chi connectivity index (χ3v) is 1.93. The number of carboxylic acid groups (broad SMARTS) is 1. The lowest BCUT2D eigenvalue weighted by atomic mass is 10.1. The Hall–Kier alpha value is -1.88. The van der Waals surface area contributed by atoms with Gasteiger partial charge in [0.1, 0.15) is 6.04 Å². The van der Waals surface area contributed by atoms with Crippen LogP contribution in [0.25, 0.3) is 0 Å². The zero-order chi connectivity index (χ0) is 12.1. The summed E-state index contributed by atoms with van der Waals surface area (Å²) in [5.74, 6) is -1.96. The van der Waals surface area contributed by atoms with Crippen LogP contribution in [0.3, 0.4) is 0 Å². The van der Waals surface area contributed by atoms with Crippen molar-refractivity contribution in [3.8, 4) is 0 Å². The second kappa shape index (κ2) is 5.27. The Morgan fingerprint density at radius 3 is 2.31 bits per heavy atom. The molecule has 16 heavy (non-hydrogen) atoms.